The minimum Gasteiger partial charge on any atom is -0.487 e. The van der Waals surface area contributed by atoms with Gasteiger partial charge in [0.1, 0.15) is 18.2 Å². The number of urea groups is 1. The molecule has 1 aromatic carbocycles. The number of amides is 2. The Kier molecular flexibility index (Phi) is 6.30. The number of rotatable bonds is 7. The fraction of sp³-hybridized carbons (Fsp3) is 0.300. The molecule has 0 unspecified atom stereocenters. The SMILES string of the molecule is CCOC(=O)C1=C(COc2ccc(F)cc2)N(CC)C(=O)N[C@H]1c1ccsc1. The van der Waals surface area contributed by atoms with Crippen molar-refractivity contribution in [3.8, 4) is 5.75 Å². The molecule has 2 amide bonds. The molecular formula is C20H21FN2O4S. The van der Waals surface area contributed by atoms with E-state index < -0.39 is 12.0 Å². The lowest BCUT2D eigenvalue weighted by Gasteiger charge is -2.35. The molecule has 0 aliphatic carbocycles. The molecule has 6 nitrogen and oxygen atoms in total. The van der Waals surface area contributed by atoms with Crippen LogP contribution in [-0.4, -0.2) is 36.7 Å². The van der Waals surface area contributed by atoms with E-state index >= 15 is 0 Å². The third-order valence-corrected chi connectivity index (χ3v) is 5.02. The van der Waals surface area contributed by atoms with Crippen LogP contribution in [0.1, 0.15) is 25.5 Å². The van der Waals surface area contributed by atoms with Crippen molar-refractivity contribution in [1.82, 2.24) is 10.2 Å². The smallest absolute Gasteiger partial charge is 0.338 e. The van der Waals surface area contributed by atoms with Gasteiger partial charge in [-0.2, -0.15) is 11.3 Å². The van der Waals surface area contributed by atoms with Crippen LogP contribution in [0.4, 0.5) is 9.18 Å². The van der Waals surface area contributed by atoms with Gasteiger partial charge in [-0.05, 0) is 60.5 Å². The monoisotopic (exact) mass is 404 g/mol. The van der Waals surface area contributed by atoms with Gasteiger partial charge in [0.25, 0.3) is 0 Å². The topological polar surface area (TPSA) is 67.9 Å². The van der Waals surface area contributed by atoms with E-state index in [-0.39, 0.29) is 25.1 Å². The normalized spacial score (nSPS) is 16.8. The Morgan fingerprint density at radius 2 is 2.00 bits per heavy atom. The van der Waals surface area contributed by atoms with Gasteiger partial charge in [0, 0.05) is 6.54 Å². The zero-order chi connectivity index (χ0) is 20.1. The van der Waals surface area contributed by atoms with Gasteiger partial charge in [-0.1, -0.05) is 0 Å². The van der Waals surface area contributed by atoms with Crippen molar-refractivity contribution in [3.05, 3.63) is 63.7 Å². The van der Waals surface area contributed by atoms with Crippen LogP contribution in [0.25, 0.3) is 0 Å². The number of benzene rings is 1. The maximum absolute atomic E-state index is 13.1. The fourth-order valence-corrected chi connectivity index (χ4v) is 3.70. The quantitative estimate of drug-likeness (QED) is 0.712. The molecule has 0 saturated carbocycles. The standard InChI is InChI=1S/C20H21FN2O4S/c1-3-23-16(11-27-15-7-5-14(21)6-8-15)17(19(24)26-4-2)18(22-20(23)25)13-9-10-28-12-13/h5-10,12,18H,3-4,11H2,1-2H3,(H,22,25)/t18-/m0/s1. The van der Waals surface area contributed by atoms with Gasteiger partial charge in [0.2, 0.25) is 0 Å². The molecule has 8 heteroatoms. The van der Waals surface area contributed by atoms with Crippen LogP contribution in [0.2, 0.25) is 0 Å². The maximum atomic E-state index is 13.1. The highest BCUT2D eigenvalue weighted by atomic mass is 32.1. The molecule has 28 heavy (non-hydrogen) atoms. The summed E-state index contributed by atoms with van der Waals surface area (Å²) in [7, 11) is 0. The zero-order valence-corrected chi connectivity index (χ0v) is 16.4. The van der Waals surface area contributed by atoms with Gasteiger partial charge in [-0.15, -0.1) is 0 Å². The number of hydrogen-bond acceptors (Lipinski definition) is 5. The van der Waals surface area contributed by atoms with E-state index in [0.29, 0.717) is 23.6 Å². The first-order valence-electron chi connectivity index (χ1n) is 8.93. The molecule has 1 atom stereocenters. The van der Waals surface area contributed by atoms with Crippen molar-refractivity contribution < 1.29 is 23.5 Å². The first kappa shape index (κ1) is 19.9. The van der Waals surface area contributed by atoms with Crippen LogP contribution in [0.15, 0.2) is 52.4 Å². The van der Waals surface area contributed by atoms with E-state index in [4.69, 9.17) is 9.47 Å². The lowest BCUT2D eigenvalue weighted by molar-refractivity contribution is -0.139. The molecule has 1 aromatic heterocycles. The Labute approximate surface area is 166 Å². The van der Waals surface area contributed by atoms with Gasteiger partial charge >= 0.3 is 12.0 Å². The molecule has 0 spiro atoms. The number of carbonyl (C=O) groups is 2. The summed E-state index contributed by atoms with van der Waals surface area (Å²) in [5, 5.41) is 6.63. The molecule has 1 aliphatic rings. The average Bonchev–Trinajstić information content (AvgIpc) is 3.22. The first-order chi connectivity index (χ1) is 13.5. The zero-order valence-electron chi connectivity index (χ0n) is 15.6. The van der Waals surface area contributed by atoms with Crippen molar-refractivity contribution in [2.24, 2.45) is 0 Å². The molecule has 2 aromatic rings. The highest BCUT2D eigenvalue weighted by molar-refractivity contribution is 7.08. The fourth-order valence-electron chi connectivity index (χ4n) is 3.01. The summed E-state index contributed by atoms with van der Waals surface area (Å²) >= 11 is 1.47. The number of halogens is 1. The number of nitrogens with zero attached hydrogens (tertiary/aromatic N) is 1. The second-order valence-electron chi connectivity index (χ2n) is 6.01. The number of esters is 1. The maximum Gasteiger partial charge on any atom is 0.338 e. The van der Waals surface area contributed by atoms with Crippen LogP contribution >= 0.6 is 11.3 Å². The van der Waals surface area contributed by atoms with E-state index in [9.17, 15) is 14.0 Å². The van der Waals surface area contributed by atoms with Crippen molar-refractivity contribution >= 4 is 23.3 Å². The molecule has 3 rings (SSSR count). The Morgan fingerprint density at radius 1 is 1.25 bits per heavy atom. The van der Waals surface area contributed by atoms with Gasteiger partial charge in [0.05, 0.1) is 23.9 Å². The molecule has 1 aliphatic heterocycles. The summed E-state index contributed by atoms with van der Waals surface area (Å²) in [6, 6.07) is 6.49. The summed E-state index contributed by atoms with van der Waals surface area (Å²) < 4.78 is 24.1. The minimum absolute atomic E-state index is 0.0261. The number of hydrogen-bond donors (Lipinski definition) is 1. The minimum atomic E-state index is -0.618. The number of carbonyl (C=O) groups excluding carboxylic acids is 2. The summed E-state index contributed by atoms with van der Waals surface area (Å²) in [6.07, 6.45) is 0. The predicted molar refractivity (Wildman–Crippen MR) is 104 cm³/mol. The van der Waals surface area contributed by atoms with E-state index in [0.717, 1.165) is 5.56 Å². The average molecular weight is 404 g/mol. The Morgan fingerprint density at radius 3 is 2.61 bits per heavy atom. The van der Waals surface area contributed by atoms with Crippen molar-refractivity contribution in [1.29, 1.82) is 0 Å². The van der Waals surface area contributed by atoms with Crippen molar-refractivity contribution in [2.75, 3.05) is 19.8 Å². The summed E-state index contributed by atoms with van der Waals surface area (Å²) in [5.74, 6) is -0.440. The molecular weight excluding hydrogens is 383 g/mol. The molecule has 148 valence electrons. The molecule has 0 bridgehead atoms. The second kappa shape index (κ2) is 8.88. The van der Waals surface area contributed by atoms with Crippen LogP contribution in [0.3, 0.4) is 0 Å². The summed E-state index contributed by atoms with van der Waals surface area (Å²) in [6.45, 7) is 4.08. The number of ether oxygens (including phenoxy) is 2. The number of thiophene rings is 1. The molecule has 1 N–H and O–H groups in total. The van der Waals surface area contributed by atoms with Crippen LogP contribution in [-0.2, 0) is 9.53 Å². The Balaban J connectivity index is 2.01. The lowest BCUT2D eigenvalue weighted by atomic mass is 9.96. The van der Waals surface area contributed by atoms with E-state index in [1.165, 1.54) is 40.5 Å². The van der Waals surface area contributed by atoms with Gasteiger partial charge in [0.15, 0.2) is 0 Å². The summed E-state index contributed by atoms with van der Waals surface area (Å²) in [5.41, 5.74) is 1.57. The van der Waals surface area contributed by atoms with Crippen LogP contribution in [0, 0.1) is 5.82 Å². The van der Waals surface area contributed by atoms with Gasteiger partial charge in [-0.25, -0.2) is 14.0 Å². The van der Waals surface area contributed by atoms with Gasteiger partial charge in [-0.3, -0.25) is 4.90 Å². The molecule has 2 heterocycles. The third kappa shape index (κ3) is 4.17. The number of likely N-dealkylation sites (N-methyl/N-ethyl adjacent to an activating group) is 1. The highest BCUT2D eigenvalue weighted by Crippen LogP contribution is 2.33. The Bertz CT molecular complexity index is 865. The third-order valence-electron chi connectivity index (χ3n) is 4.32. The largest absolute Gasteiger partial charge is 0.487 e. The van der Waals surface area contributed by atoms with E-state index in [2.05, 4.69) is 5.32 Å². The highest BCUT2D eigenvalue weighted by Gasteiger charge is 2.38. The van der Waals surface area contributed by atoms with E-state index in [1.54, 1.807) is 6.92 Å². The van der Waals surface area contributed by atoms with Crippen molar-refractivity contribution in [2.45, 2.75) is 19.9 Å². The molecule has 0 radical (unpaired) electrons. The molecule has 0 saturated heterocycles. The van der Waals surface area contributed by atoms with Crippen LogP contribution < -0.4 is 10.1 Å². The van der Waals surface area contributed by atoms with Gasteiger partial charge < -0.3 is 14.8 Å². The van der Waals surface area contributed by atoms with Crippen LogP contribution in [0.5, 0.6) is 5.75 Å². The first-order valence-corrected chi connectivity index (χ1v) is 9.88. The second-order valence-corrected chi connectivity index (χ2v) is 6.79. The lowest BCUT2D eigenvalue weighted by Crippen LogP contribution is -2.49. The van der Waals surface area contributed by atoms with Crippen molar-refractivity contribution in [3.63, 3.8) is 0 Å². The summed E-state index contributed by atoms with van der Waals surface area (Å²) in [4.78, 5) is 26.9. The number of nitrogens with one attached hydrogen (secondary N) is 1. The predicted octanol–water partition coefficient (Wildman–Crippen LogP) is 3.87. The Hall–Kier alpha value is -2.87. The molecule has 0 fully saturated rings. The van der Waals surface area contributed by atoms with E-state index in [1.807, 2.05) is 23.8 Å².